The van der Waals surface area contributed by atoms with Gasteiger partial charge in [0.1, 0.15) is 4.90 Å². The topological polar surface area (TPSA) is 125 Å². The molecule has 96 valence electrons. The summed E-state index contributed by atoms with van der Waals surface area (Å²) in [4.78, 5) is 0.0388. The first-order valence-corrected chi connectivity index (χ1v) is 6.30. The number of H-pyrrole nitrogens is 1. The normalized spacial score (nSPS) is 13.5. The molecule has 0 aliphatic heterocycles. The molecule has 4 N–H and O–H groups in total. The van der Waals surface area contributed by atoms with Crippen LogP contribution in [0.4, 0.5) is 0 Å². The van der Waals surface area contributed by atoms with Gasteiger partial charge in [-0.05, 0) is 13.8 Å². The number of nitrogens with one attached hydrogen (secondary N) is 1. The van der Waals surface area contributed by atoms with Crippen LogP contribution in [0.3, 0.4) is 0 Å². The molecule has 1 aromatic heterocycles. The molecule has 0 bridgehead atoms. The summed E-state index contributed by atoms with van der Waals surface area (Å²) < 4.78 is 25.4. The van der Waals surface area contributed by atoms with Gasteiger partial charge in [-0.1, -0.05) is 5.16 Å². The molecule has 8 nitrogen and oxygen atoms in total. The highest BCUT2D eigenvalue weighted by atomic mass is 32.2. The number of aromatic amines is 1. The van der Waals surface area contributed by atoms with Crippen LogP contribution in [0.15, 0.2) is 22.4 Å². The number of nitrogens with zero attached hydrogens (tertiary/aromatic N) is 3. The van der Waals surface area contributed by atoms with Crippen molar-refractivity contribution in [3.63, 3.8) is 0 Å². The van der Waals surface area contributed by atoms with E-state index in [0.29, 0.717) is 0 Å². The van der Waals surface area contributed by atoms with Crippen molar-refractivity contribution in [1.82, 2.24) is 14.5 Å². The lowest BCUT2D eigenvalue weighted by molar-refractivity contribution is 0.312. The summed E-state index contributed by atoms with van der Waals surface area (Å²) in [6, 6.07) is -0.324. The third-order valence-electron chi connectivity index (χ3n) is 2.10. The van der Waals surface area contributed by atoms with Crippen LogP contribution in [-0.2, 0) is 10.0 Å². The van der Waals surface area contributed by atoms with Crippen LogP contribution in [0.2, 0.25) is 0 Å². The molecule has 9 heteroatoms. The Labute approximate surface area is 99.2 Å². The first-order chi connectivity index (χ1) is 7.89. The second-order valence-electron chi connectivity index (χ2n) is 3.67. The van der Waals surface area contributed by atoms with Crippen molar-refractivity contribution >= 4 is 15.9 Å². The van der Waals surface area contributed by atoms with Gasteiger partial charge in [0, 0.05) is 12.2 Å². The van der Waals surface area contributed by atoms with Crippen LogP contribution in [0, 0.1) is 0 Å². The first kappa shape index (κ1) is 13.5. The SMILES string of the molecule is CC(C)N(CC(N)=NO)S(=O)(=O)c1cn[nH]c1. The Morgan fingerprint density at radius 3 is 2.76 bits per heavy atom. The number of amidine groups is 1. The van der Waals surface area contributed by atoms with E-state index in [-0.39, 0.29) is 23.3 Å². The molecular weight excluding hydrogens is 246 g/mol. The predicted octanol–water partition coefficient (Wildman–Crippen LogP) is -0.445. The fourth-order valence-electron chi connectivity index (χ4n) is 1.25. The van der Waals surface area contributed by atoms with E-state index in [4.69, 9.17) is 10.9 Å². The van der Waals surface area contributed by atoms with Gasteiger partial charge in [0.2, 0.25) is 10.0 Å². The third-order valence-corrected chi connectivity index (χ3v) is 4.09. The van der Waals surface area contributed by atoms with Crippen LogP contribution >= 0.6 is 0 Å². The van der Waals surface area contributed by atoms with Crippen molar-refractivity contribution in [2.24, 2.45) is 10.9 Å². The summed E-state index contributed by atoms with van der Waals surface area (Å²) in [6.45, 7) is 3.21. The molecule has 1 rings (SSSR count). The van der Waals surface area contributed by atoms with Crippen LogP contribution in [0.5, 0.6) is 0 Å². The number of sulfonamides is 1. The Morgan fingerprint density at radius 2 is 2.35 bits per heavy atom. The zero-order valence-corrected chi connectivity index (χ0v) is 10.3. The molecule has 0 aliphatic rings. The highest BCUT2D eigenvalue weighted by Crippen LogP contribution is 2.16. The Bertz CT molecular complexity index is 479. The summed E-state index contributed by atoms with van der Waals surface area (Å²) in [6.07, 6.45) is 2.48. The van der Waals surface area contributed by atoms with E-state index in [2.05, 4.69) is 15.4 Å². The lowest BCUT2D eigenvalue weighted by Crippen LogP contribution is -2.42. The summed E-state index contributed by atoms with van der Waals surface area (Å²) in [5, 5.41) is 17.3. The van der Waals surface area contributed by atoms with E-state index in [1.807, 2.05) is 0 Å². The van der Waals surface area contributed by atoms with Gasteiger partial charge in [0.15, 0.2) is 5.84 Å². The minimum atomic E-state index is -3.69. The summed E-state index contributed by atoms with van der Waals surface area (Å²) in [7, 11) is -3.69. The largest absolute Gasteiger partial charge is 0.409 e. The Hall–Kier alpha value is -1.61. The second kappa shape index (κ2) is 5.15. The zero-order chi connectivity index (χ0) is 13.1. The molecule has 17 heavy (non-hydrogen) atoms. The van der Waals surface area contributed by atoms with Crippen molar-refractivity contribution in [3.05, 3.63) is 12.4 Å². The molecule has 0 atom stereocenters. The molecule has 0 aliphatic carbocycles. The van der Waals surface area contributed by atoms with Gasteiger partial charge in [-0.3, -0.25) is 5.10 Å². The molecule has 0 aromatic carbocycles. The van der Waals surface area contributed by atoms with Crippen LogP contribution < -0.4 is 5.73 Å². The van der Waals surface area contributed by atoms with Gasteiger partial charge in [-0.25, -0.2) is 8.42 Å². The van der Waals surface area contributed by atoms with Crippen molar-refractivity contribution in [1.29, 1.82) is 0 Å². The lowest BCUT2D eigenvalue weighted by atomic mass is 10.4. The highest BCUT2D eigenvalue weighted by Gasteiger charge is 2.28. The smallest absolute Gasteiger partial charge is 0.246 e. The third kappa shape index (κ3) is 2.94. The first-order valence-electron chi connectivity index (χ1n) is 4.86. The fraction of sp³-hybridized carbons (Fsp3) is 0.500. The van der Waals surface area contributed by atoms with E-state index in [1.54, 1.807) is 13.8 Å². The summed E-state index contributed by atoms with van der Waals surface area (Å²) in [5.41, 5.74) is 5.33. The molecule has 0 radical (unpaired) electrons. The summed E-state index contributed by atoms with van der Waals surface area (Å²) in [5.74, 6) is -0.175. The van der Waals surface area contributed by atoms with E-state index in [0.717, 1.165) is 4.31 Å². The average molecular weight is 261 g/mol. The molecule has 1 heterocycles. The fourth-order valence-corrected chi connectivity index (χ4v) is 2.77. The number of hydrogen-bond acceptors (Lipinski definition) is 5. The number of rotatable bonds is 5. The molecule has 0 saturated heterocycles. The maximum Gasteiger partial charge on any atom is 0.246 e. The van der Waals surface area contributed by atoms with Crippen LogP contribution in [0.25, 0.3) is 0 Å². The minimum absolute atomic E-state index is 0.0388. The molecule has 0 saturated carbocycles. The van der Waals surface area contributed by atoms with Gasteiger partial charge >= 0.3 is 0 Å². The van der Waals surface area contributed by atoms with Gasteiger partial charge in [-0.2, -0.15) is 9.40 Å². The monoisotopic (exact) mass is 261 g/mol. The van der Waals surface area contributed by atoms with E-state index in [9.17, 15) is 8.42 Å². The zero-order valence-electron chi connectivity index (χ0n) is 9.53. The van der Waals surface area contributed by atoms with E-state index < -0.39 is 10.0 Å². The van der Waals surface area contributed by atoms with Gasteiger partial charge in [0.05, 0.1) is 12.7 Å². The Kier molecular flexibility index (Phi) is 4.07. The molecule has 0 fully saturated rings. The Balaban J connectivity index is 3.08. The number of oxime groups is 1. The van der Waals surface area contributed by atoms with E-state index in [1.165, 1.54) is 12.4 Å². The number of aromatic nitrogens is 2. The molecular formula is C8H15N5O3S. The molecule has 1 aromatic rings. The second-order valence-corrected chi connectivity index (χ2v) is 5.56. The van der Waals surface area contributed by atoms with Crippen molar-refractivity contribution in [3.8, 4) is 0 Å². The quantitative estimate of drug-likeness (QED) is 0.287. The van der Waals surface area contributed by atoms with Crippen molar-refractivity contribution in [2.45, 2.75) is 24.8 Å². The number of hydrogen-bond donors (Lipinski definition) is 3. The molecule has 0 amide bonds. The van der Waals surface area contributed by atoms with Gasteiger partial charge < -0.3 is 10.9 Å². The van der Waals surface area contributed by atoms with Crippen molar-refractivity contribution < 1.29 is 13.6 Å². The van der Waals surface area contributed by atoms with Crippen molar-refractivity contribution in [2.75, 3.05) is 6.54 Å². The average Bonchev–Trinajstić information content (AvgIpc) is 2.78. The highest BCUT2D eigenvalue weighted by molar-refractivity contribution is 7.89. The van der Waals surface area contributed by atoms with E-state index >= 15 is 0 Å². The standard InChI is InChI=1S/C8H15N5O3S/c1-6(2)13(5-8(9)12-14)17(15,16)7-3-10-11-4-7/h3-4,6,14H,5H2,1-2H3,(H2,9,12)(H,10,11). The van der Waals surface area contributed by atoms with Gasteiger partial charge in [0.25, 0.3) is 0 Å². The summed E-state index contributed by atoms with van der Waals surface area (Å²) >= 11 is 0. The van der Waals surface area contributed by atoms with Gasteiger partial charge in [-0.15, -0.1) is 0 Å². The minimum Gasteiger partial charge on any atom is -0.409 e. The predicted molar refractivity (Wildman–Crippen MR) is 61.0 cm³/mol. The number of nitrogens with two attached hydrogens (primary N) is 1. The lowest BCUT2D eigenvalue weighted by Gasteiger charge is -2.24. The maximum absolute atomic E-state index is 12.2. The molecule has 0 unspecified atom stereocenters. The van der Waals surface area contributed by atoms with Crippen LogP contribution in [-0.4, -0.2) is 46.5 Å². The molecule has 0 spiro atoms. The Morgan fingerprint density at radius 1 is 1.71 bits per heavy atom. The van der Waals surface area contributed by atoms with Crippen LogP contribution in [0.1, 0.15) is 13.8 Å². The maximum atomic E-state index is 12.2.